The zero-order chi connectivity index (χ0) is 16.9. The van der Waals surface area contributed by atoms with Gasteiger partial charge in [0.15, 0.2) is 0 Å². The van der Waals surface area contributed by atoms with Crippen molar-refractivity contribution in [2.75, 3.05) is 7.11 Å². The van der Waals surface area contributed by atoms with Gasteiger partial charge in [-0.2, -0.15) is 0 Å². The Kier molecular flexibility index (Phi) is 4.99. The maximum absolute atomic E-state index is 12.6. The Labute approximate surface area is 142 Å². The summed E-state index contributed by atoms with van der Waals surface area (Å²) in [6, 6.07) is 16.1. The summed E-state index contributed by atoms with van der Waals surface area (Å²) < 4.78 is 7.06. The van der Waals surface area contributed by atoms with Crippen LogP contribution in [-0.4, -0.2) is 11.7 Å². The predicted molar refractivity (Wildman–Crippen MR) is 98.9 cm³/mol. The summed E-state index contributed by atoms with van der Waals surface area (Å²) in [4.78, 5) is 12.6. The van der Waals surface area contributed by atoms with Crippen LogP contribution in [-0.2, 0) is 19.4 Å². The van der Waals surface area contributed by atoms with E-state index in [2.05, 4.69) is 25.1 Å². The number of nitrogens with zero attached hydrogens (tertiary/aromatic N) is 1. The molecule has 0 radical (unpaired) electrons. The van der Waals surface area contributed by atoms with Gasteiger partial charge in [0.25, 0.3) is 5.56 Å². The number of hydrogen-bond acceptors (Lipinski definition) is 2. The molecule has 0 aliphatic carbocycles. The molecule has 0 bridgehead atoms. The molecule has 1 heterocycles. The Balaban J connectivity index is 1.92. The van der Waals surface area contributed by atoms with Gasteiger partial charge in [0, 0.05) is 18.1 Å². The molecule has 0 fully saturated rings. The van der Waals surface area contributed by atoms with Crippen molar-refractivity contribution in [3.05, 3.63) is 76.2 Å². The molecule has 0 atom stereocenters. The van der Waals surface area contributed by atoms with Crippen LogP contribution in [0.25, 0.3) is 10.8 Å². The number of fused-ring (bicyclic) bond motifs is 1. The second kappa shape index (κ2) is 7.35. The van der Waals surface area contributed by atoms with Gasteiger partial charge in [-0.1, -0.05) is 37.3 Å². The zero-order valence-electron chi connectivity index (χ0n) is 14.3. The van der Waals surface area contributed by atoms with E-state index in [0.717, 1.165) is 42.3 Å². The Hall–Kier alpha value is -2.55. The topological polar surface area (TPSA) is 31.2 Å². The summed E-state index contributed by atoms with van der Waals surface area (Å²) in [6.45, 7) is 2.86. The Morgan fingerprint density at radius 1 is 0.958 bits per heavy atom. The summed E-state index contributed by atoms with van der Waals surface area (Å²) in [7, 11) is 1.68. The first kappa shape index (κ1) is 16.3. The van der Waals surface area contributed by atoms with Gasteiger partial charge in [-0.15, -0.1) is 0 Å². The Bertz CT molecular complexity index is 878. The van der Waals surface area contributed by atoms with Gasteiger partial charge in [-0.3, -0.25) is 4.79 Å². The van der Waals surface area contributed by atoms with Gasteiger partial charge in [-0.05, 0) is 54.0 Å². The second-order valence-electron chi connectivity index (χ2n) is 6.05. The van der Waals surface area contributed by atoms with Crippen LogP contribution in [0.5, 0.6) is 5.75 Å². The molecule has 3 aromatic rings. The largest absolute Gasteiger partial charge is 0.497 e. The summed E-state index contributed by atoms with van der Waals surface area (Å²) >= 11 is 0. The summed E-state index contributed by atoms with van der Waals surface area (Å²) in [6.07, 6.45) is 4.85. The first-order valence-corrected chi connectivity index (χ1v) is 8.47. The highest BCUT2D eigenvalue weighted by atomic mass is 16.5. The smallest absolute Gasteiger partial charge is 0.258 e. The lowest BCUT2D eigenvalue weighted by Crippen LogP contribution is -2.20. The lowest BCUT2D eigenvalue weighted by atomic mass is 10.0. The van der Waals surface area contributed by atoms with E-state index in [1.165, 1.54) is 11.1 Å². The highest BCUT2D eigenvalue weighted by Gasteiger charge is 2.08. The quantitative estimate of drug-likeness (QED) is 0.681. The molecule has 1 aromatic heterocycles. The second-order valence-corrected chi connectivity index (χ2v) is 6.05. The van der Waals surface area contributed by atoms with Crippen molar-refractivity contribution < 1.29 is 4.74 Å². The number of benzene rings is 2. The highest BCUT2D eigenvalue weighted by Crippen LogP contribution is 2.19. The first-order valence-electron chi connectivity index (χ1n) is 8.47. The van der Waals surface area contributed by atoms with Crippen molar-refractivity contribution in [3.8, 4) is 5.75 Å². The third-order valence-corrected chi connectivity index (χ3v) is 4.38. The molecule has 0 N–H and O–H groups in total. The molecule has 0 aliphatic heterocycles. The summed E-state index contributed by atoms with van der Waals surface area (Å²) in [5.41, 5.74) is 2.61. The predicted octanol–water partition coefficient (Wildman–Crippen LogP) is 4.21. The molecular weight excluding hydrogens is 298 g/mol. The van der Waals surface area contributed by atoms with Crippen LogP contribution in [0.2, 0.25) is 0 Å². The van der Waals surface area contributed by atoms with E-state index >= 15 is 0 Å². The average Bonchev–Trinajstić information content (AvgIpc) is 2.63. The average molecular weight is 321 g/mol. The zero-order valence-corrected chi connectivity index (χ0v) is 14.3. The third kappa shape index (κ3) is 3.35. The van der Waals surface area contributed by atoms with Gasteiger partial charge in [0.1, 0.15) is 5.75 Å². The molecule has 3 nitrogen and oxygen atoms in total. The minimum atomic E-state index is 0.112. The van der Waals surface area contributed by atoms with Crippen LogP contribution in [0.15, 0.2) is 59.5 Å². The fourth-order valence-corrected chi connectivity index (χ4v) is 3.10. The van der Waals surface area contributed by atoms with Crippen molar-refractivity contribution in [2.45, 2.75) is 32.7 Å². The molecule has 0 amide bonds. The first-order chi connectivity index (χ1) is 11.7. The molecular formula is C21H23NO2. The third-order valence-electron chi connectivity index (χ3n) is 4.38. The normalized spacial score (nSPS) is 10.9. The molecule has 124 valence electrons. The number of pyridine rings is 1. The van der Waals surface area contributed by atoms with Gasteiger partial charge >= 0.3 is 0 Å². The molecule has 3 rings (SSSR count). The van der Waals surface area contributed by atoms with Crippen LogP contribution in [0, 0.1) is 0 Å². The molecule has 2 aromatic carbocycles. The lowest BCUT2D eigenvalue weighted by molar-refractivity contribution is 0.414. The Morgan fingerprint density at radius 2 is 1.67 bits per heavy atom. The molecule has 0 saturated carbocycles. The molecule has 0 spiro atoms. The maximum Gasteiger partial charge on any atom is 0.258 e. The lowest BCUT2D eigenvalue weighted by Gasteiger charge is -2.12. The van der Waals surface area contributed by atoms with E-state index in [1.807, 2.05) is 41.1 Å². The van der Waals surface area contributed by atoms with Crippen LogP contribution in [0.4, 0.5) is 0 Å². The van der Waals surface area contributed by atoms with Crippen molar-refractivity contribution in [1.29, 1.82) is 0 Å². The van der Waals surface area contributed by atoms with Crippen molar-refractivity contribution in [1.82, 2.24) is 4.57 Å². The minimum absolute atomic E-state index is 0.112. The van der Waals surface area contributed by atoms with Crippen molar-refractivity contribution in [3.63, 3.8) is 0 Å². The highest BCUT2D eigenvalue weighted by molar-refractivity contribution is 5.84. The number of rotatable bonds is 6. The van der Waals surface area contributed by atoms with Crippen LogP contribution >= 0.6 is 0 Å². The number of ether oxygens (including phenoxy) is 1. The van der Waals surface area contributed by atoms with Crippen LogP contribution in [0.1, 0.15) is 24.5 Å². The molecule has 0 saturated heterocycles. The minimum Gasteiger partial charge on any atom is -0.497 e. The number of methoxy groups -OCH3 is 1. The van der Waals surface area contributed by atoms with Crippen molar-refractivity contribution in [2.24, 2.45) is 0 Å². The Morgan fingerprint density at radius 3 is 2.33 bits per heavy atom. The number of hydrogen-bond donors (Lipinski definition) is 0. The van der Waals surface area contributed by atoms with E-state index in [0.29, 0.717) is 0 Å². The van der Waals surface area contributed by atoms with Gasteiger partial charge in [-0.25, -0.2) is 0 Å². The van der Waals surface area contributed by atoms with Gasteiger partial charge in [0.2, 0.25) is 0 Å². The fourth-order valence-electron chi connectivity index (χ4n) is 3.10. The standard InChI is InChI=1S/C21H23NO2/c1-3-14-22-15-17(19-6-4-5-7-20(19)21(22)23)11-8-16-9-12-18(24-2)13-10-16/h4-7,9-10,12-13,15H,3,8,11,14H2,1-2H3. The molecule has 3 heteroatoms. The fraction of sp³-hybridized carbons (Fsp3) is 0.286. The number of aryl methyl sites for hydroxylation is 3. The summed E-state index contributed by atoms with van der Waals surface area (Å²) in [5.74, 6) is 0.876. The molecule has 24 heavy (non-hydrogen) atoms. The molecule has 0 unspecified atom stereocenters. The van der Waals surface area contributed by atoms with Crippen LogP contribution in [0.3, 0.4) is 0 Å². The van der Waals surface area contributed by atoms with Crippen molar-refractivity contribution >= 4 is 10.8 Å². The maximum atomic E-state index is 12.6. The number of aromatic nitrogens is 1. The summed E-state index contributed by atoms with van der Waals surface area (Å²) in [5, 5.41) is 1.89. The van der Waals surface area contributed by atoms with Gasteiger partial charge in [0.05, 0.1) is 7.11 Å². The van der Waals surface area contributed by atoms with E-state index in [-0.39, 0.29) is 5.56 Å². The van der Waals surface area contributed by atoms with E-state index in [4.69, 9.17) is 4.74 Å². The van der Waals surface area contributed by atoms with Crippen LogP contribution < -0.4 is 10.3 Å². The van der Waals surface area contributed by atoms with Gasteiger partial charge < -0.3 is 9.30 Å². The monoisotopic (exact) mass is 321 g/mol. The van der Waals surface area contributed by atoms with E-state index < -0.39 is 0 Å². The molecule has 0 aliphatic rings. The van der Waals surface area contributed by atoms with E-state index in [9.17, 15) is 4.79 Å². The van der Waals surface area contributed by atoms with E-state index in [1.54, 1.807) is 7.11 Å². The SMILES string of the molecule is CCCn1cc(CCc2ccc(OC)cc2)c2ccccc2c1=O.